The van der Waals surface area contributed by atoms with Gasteiger partial charge in [0.05, 0.1) is 12.7 Å². The first-order chi connectivity index (χ1) is 13.8. The van der Waals surface area contributed by atoms with E-state index in [9.17, 15) is 4.79 Å². The summed E-state index contributed by atoms with van der Waals surface area (Å²) in [4.78, 5) is 21.8. The van der Waals surface area contributed by atoms with Crippen LogP contribution in [-0.2, 0) is 6.54 Å². The molecule has 0 saturated heterocycles. The molecule has 0 aliphatic carbocycles. The van der Waals surface area contributed by atoms with Gasteiger partial charge in [0.15, 0.2) is 5.65 Å². The summed E-state index contributed by atoms with van der Waals surface area (Å²) < 4.78 is 7.30. The van der Waals surface area contributed by atoms with Crippen LogP contribution in [-0.4, -0.2) is 34.1 Å². The number of nitrogens with one attached hydrogen (secondary N) is 1. The van der Waals surface area contributed by atoms with Crippen LogP contribution in [0.25, 0.3) is 22.6 Å². The molecule has 6 heteroatoms. The molecule has 6 nitrogen and oxygen atoms in total. The van der Waals surface area contributed by atoms with Gasteiger partial charge in [0, 0.05) is 24.8 Å². The van der Waals surface area contributed by atoms with Gasteiger partial charge < -0.3 is 14.6 Å². The number of fused-ring (bicyclic) bond motifs is 1. The van der Waals surface area contributed by atoms with E-state index in [0.29, 0.717) is 24.4 Å². The van der Waals surface area contributed by atoms with E-state index in [-0.39, 0.29) is 5.91 Å². The van der Waals surface area contributed by atoms with Gasteiger partial charge in [-0.2, -0.15) is 0 Å². The molecule has 0 radical (unpaired) electrons. The van der Waals surface area contributed by atoms with Gasteiger partial charge >= 0.3 is 0 Å². The largest absolute Gasteiger partial charge is 0.496 e. The van der Waals surface area contributed by atoms with E-state index in [1.165, 1.54) is 0 Å². The number of methoxy groups -OCH3 is 1. The maximum Gasteiger partial charge on any atom is 0.255 e. The smallest absolute Gasteiger partial charge is 0.255 e. The lowest BCUT2D eigenvalue weighted by Gasteiger charge is -2.11. The number of rotatable bonds is 6. The molecule has 0 atom stereocenters. The first-order valence-corrected chi connectivity index (χ1v) is 9.06. The topological polar surface area (TPSA) is 69.0 Å². The van der Waals surface area contributed by atoms with E-state index in [4.69, 9.17) is 9.72 Å². The summed E-state index contributed by atoms with van der Waals surface area (Å²) in [6.07, 6.45) is 1.75. The van der Waals surface area contributed by atoms with E-state index in [1.807, 2.05) is 59.2 Å². The van der Waals surface area contributed by atoms with Gasteiger partial charge in [-0.05, 0) is 24.3 Å². The molecule has 0 aliphatic heterocycles. The van der Waals surface area contributed by atoms with Gasteiger partial charge in [0.1, 0.15) is 17.1 Å². The molecular weight excluding hydrogens is 352 g/mol. The van der Waals surface area contributed by atoms with Crippen molar-refractivity contribution >= 4 is 17.1 Å². The summed E-state index contributed by atoms with van der Waals surface area (Å²) in [6, 6.07) is 21.0. The van der Waals surface area contributed by atoms with Crippen molar-refractivity contribution in [1.29, 1.82) is 0 Å². The number of imidazole rings is 1. The second-order valence-electron chi connectivity index (χ2n) is 6.26. The van der Waals surface area contributed by atoms with E-state index in [1.54, 1.807) is 25.4 Å². The fourth-order valence-corrected chi connectivity index (χ4v) is 3.19. The predicted molar refractivity (Wildman–Crippen MR) is 108 cm³/mol. The highest BCUT2D eigenvalue weighted by Gasteiger charge is 2.15. The Morgan fingerprint density at radius 3 is 2.64 bits per heavy atom. The van der Waals surface area contributed by atoms with Crippen LogP contribution in [0.4, 0.5) is 0 Å². The second kappa shape index (κ2) is 7.92. The van der Waals surface area contributed by atoms with Crippen molar-refractivity contribution in [3.05, 3.63) is 78.5 Å². The van der Waals surface area contributed by atoms with Gasteiger partial charge in [-0.25, -0.2) is 9.97 Å². The fourth-order valence-electron chi connectivity index (χ4n) is 3.19. The van der Waals surface area contributed by atoms with E-state index in [2.05, 4.69) is 10.3 Å². The van der Waals surface area contributed by atoms with Crippen molar-refractivity contribution in [2.24, 2.45) is 0 Å². The molecule has 4 rings (SSSR count). The lowest BCUT2D eigenvalue weighted by atomic mass is 10.2. The Kier molecular flexibility index (Phi) is 5.01. The Balaban J connectivity index is 1.57. The number of amides is 1. The van der Waals surface area contributed by atoms with Crippen LogP contribution in [0, 0.1) is 0 Å². The average molecular weight is 372 g/mol. The Labute approximate surface area is 162 Å². The molecule has 0 saturated carbocycles. The fraction of sp³-hybridized carbons (Fsp3) is 0.136. The molecule has 140 valence electrons. The third kappa shape index (κ3) is 3.44. The molecule has 4 aromatic rings. The normalized spacial score (nSPS) is 10.8. The van der Waals surface area contributed by atoms with Crippen molar-refractivity contribution < 1.29 is 9.53 Å². The van der Waals surface area contributed by atoms with Gasteiger partial charge in [0.25, 0.3) is 5.91 Å². The molecular formula is C22H20N4O2. The highest BCUT2D eigenvalue weighted by Crippen LogP contribution is 2.23. The van der Waals surface area contributed by atoms with Crippen LogP contribution in [0.15, 0.2) is 72.9 Å². The van der Waals surface area contributed by atoms with Crippen LogP contribution in [0.1, 0.15) is 10.4 Å². The van der Waals surface area contributed by atoms with Crippen LogP contribution < -0.4 is 10.1 Å². The lowest BCUT2D eigenvalue weighted by Crippen LogP contribution is -2.27. The minimum Gasteiger partial charge on any atom is -0.496 e. The molecule has 2 heterocycles. The third-order valence-corrected chi connectivity index (χ3v) is 4.51. The number of hydrogen-bond donors (Lipinski definition) is 1. The van der Waals surface area contributed by atoms with Crippen LogP contribution >= 0.6 is 0 Å². The van der Waals surface area contributed by atoms with Crippen molar-refractivity contribution in [3.63, 3.8) is 0 Å². The highest BCUT2D eigenvalue weighted by atomic mass is 16.5. The summed E-state index contributed by atoms with van der Waals surface area (Å²) in [7, 11) is 1.56. The molecule has 1 N–H and O–H groups in total. The zero-order valence-electron chi connectivity index (χ0n) is 15.5. The number of para-hydroxylation sites is 1. The minimum atomic E-state index is -0.170. The van der Waals surface area contributed by atoms with Crippen LogP contribution in [0.2, 0.25) is 0 Å². The second-order valence-corrected chi connectivity index (χ2v) is 6.26. The number of carbonyl (C=O) groups excluding carboxylic acids is 1. The predicted octanol–water partition coefficient (Wildman–Crippen LogP) is 3.54. The molecule has 1 amide bonds. The summed E-state index contributed by atoms with van der Waals surface area (Å²) in [5.74, 6) is 1.22. The molecule has 2 aromatic carbocycles. The maximum absolute atomic E-state index is 12.5. The summed E-state index contributed by atoms with van der Waals surface area (Å²) in [6.45, 7) is 0.997. The van der Waals surface area contributed by atoms with Crippen molar-refractivity contribution in [2.75, 3.05) is 13.7 Å². The van der Waals surface area contributed by atoms with Gasteiger partial charge in [-0.15, -0.1) is 0 Å². The Hall–Kier alpha value is -3.67. The number of carbonyl (C=O) groups is 1. The zero-order chi connectivity index (χ0) is 19.3. The van der Waals surface area contributed by atoms with E-state index < -0.39 is 0 Å². The summed E-state index contributed by atoms with van der Waals surface area (Å²) in [5, 5.41) is 2.96. The Morgan fingerprint density at radius 2 is 1.82 bits per heavy atom. The van der Waals surface area contributed by atoms with Crippen LogP contribution in [0.5, 0.6) is 5.75 Å². The van der Waals surface area contributed by atoms with Crippen LogP contribution in [0.3, 0.4) is 0 Å². The third-order valence-electron chi connectivity index (χ3n) is 4.51. The maximum atomic E-state index is 12.5. The first-order valence-electron chi connectivity index (χ1n) is 9.06. The number of pyridine rings is 1. The lowest BCUT2D eigenvalue weighted by molar-refractivity contribution is 0.0949. The molecule has 0 aliphatic rings. The Bertz CT molecular complexity index is 1110. The minimum absolute atomic E-state index is 0.170. The number of ether oxygens (including phenoxy) is 1. The molecule has 0 spiro atoms. The number of nitrogens with zero attached hydrogens (tertiary/aromatic N) is 3. The Morgan fingerprint density at radius 1 is 1.04 bits per heavy atom. The first kappa shape index (κ1) is 17.7. The number of benzene rings is 2. The summed E-state index contributed by atoms with van der Waals surface area (Å²) >= 11 is 0. The summed E-state index contributed by atoms with van der Waals surface area (Å²) in [5.41, 5.74) is 3.16. The monoisotopic (exact) mass is 372 g/mol. The molecule has 0 fully saturated rings. The van der Waals surface area contributed by atoms with Gasteiger partial charge in [-0.3, -0.25) is 4.79 Å². The molecule has 0 bridgehead atoms. The average Bonchev–Trinajstić information content (AvgIpc) is 3.13. The van der Waals surface area contributed by atoms with Gasteiger partial charge in [-0.1, -0.05) is 42.5 Å². The van der Waals surface area contributed by atoms with Gasteiger partial charge in [0.2, 0.25) is 0 Å². The van der Waals surface area contributed by atoms with Crippen molar-refractivity contribution in [1.82, 2.24) is 19.9 Å². The van der Waals surface area contributed by atoms with Crippen molar-refractivity contribution in [3.8, 4) is 17.1 Å². The van der Waals surface area contributed by atoms with Crippen molar-refractivity contribution in [2.45, 2.75) is 6.54 Å². The SMILES string of the molecule is COc1ccccc1C(=O)NCCn1c(-c2ccccc2)nc2cccnc21. The standard InChI is InChI=1S/C22H20N4O2/c1-28-19-12-6-5-10-17(19)22(27)24-14-15-26-20(16-8-3-2-4-9-16)25-18-11-7-13-23-21(18)26/h2-13H,14-15H2,1H3,(H,24,27). The van der Waals surface area contributed by atoms with E-state index >= 15 is 0 Å². The van der Waals surface area contributed by atoms with E-state index in [0.717, 1.165) is 22.6 Å². The molecule has 2 aromatic heterocycles. The molecule has 0 unspecified atom stereocenters. The number of hydrogen-bond acceptors (Lipinski definition) is 4. The quantitative estimate of drug-likeness (QED) is 0.562. The highest BCUT2D eigenvalue weighted by molar-refractivity contribution is 5.96. The number of aromatic nitrogens is 3. The molecule has 28 heavy (non-hydrogen) atoms. The zero-order valence-corrected chi connectivity index (χ0v) is 15.5.